The molecule has 0 aromatic heterocycles. The third-order valence-electron chi connectivity index (χ3n) is 4.14. The third-order valence-corrected chi connectivity index (χ3v) is 4.14. The number of nitrogens with two attached hydrogens (primary N) is 1. The van der Waals surface area contributed by atoms with Crippen LogP contribution in [0.1, 0.15) is 46.0 Å². The number of likely N-dealkylation sites (tertiary alicyclic amines) is 1. The molecule has 1 aliphatic heterocycles. The Bertz CT molecular complexity index is 342. The summed E-state index contributed by atoms with van der Waals surface area (Å²) in [7, 11) is 0. The van der Waals surface area contributed by atoms with Gasteiger partial charge in [0.2, 0.25) is 11.8 Å². The summed E-state index contributed by atoms with van der Waals surface area (Å²) < 4.78 is 0. The number of piperidine rings is 1. The largest absolute Gasteiger partial charge is 0.356 e. The van der Waals surface area contributed by atoms with E-state index in [-0.39, 0.29) is 11.8 Å². The van der Waals surface area contributed by atoms with Crippen LogP contribution in [0.5, 0.6) is 0 Å². The average Bonchev–Trinajstić information content (AvgIpc) is 2.48. The maximum absolute atomic E-state index is 12.0. The molecular weight excluding hydrogens is 284 g/mol. The fraction of sp³-hybridized carbons (Fsp3) is 0.867. The zero-order valence-electron chi connectivity index (χ0n) is 13.8. The highest BCUT2D eigenvalue weighted by Crippen LogP contribution is 2.21. The molecule has 0 aliphatic carbocycles. The summed E-state index contributed by atoms with van der Waals surface area (Å²) in [5.41, 5.74) is 0. The van der Waals surface area contributed by atoms with Crippen molar-refractivity contribution >= 4 is 11.8 Å². The van der Waals surface area contributed by atoms with Crippen LogP contribution < -0.4 is 16.5 Å². The molecule has 2 unspecified atom stereocenters. The first-order chi connectivity index (χ1) is 10.5. The van der Waals surface area contributed by atoms with Crippen LogP contribution in [0, 0.1) is 0 Å². The van der Waals surface area contributed by atoms with E-state index in [9.17, 15) is 9.59 Å². The van der Waals surface area contributed by atoms with Gasteiger partial charge in [-0.05, 0) is 33.1 Å². The molecule has 0 saturated carbocycles. The Morgan fingerprint density at radius 3 is 2.41 bits per heavy atom. The van der Waals surface area contributed by atoms with Crippen molar-refractivity contribution in [3.8, 4) is 0 Å². The van der Waals surface area contributed by atoms with Crippen LogP contribution in [-0.4, -0.2) is 55.0 Å². The molecule has 7 heteroatoms. The summed E-state index contributed by atoms with van der Waals surface area (Å²) >= 11 is 0. The normalized spacial score (nSPS) is 22.3. The predicted molar refractivity (Wildman–Crippen MR) is 84.9 cm³/mol. The molecule has 7 nitrogen and oxygen atoms in total. The molecule has 1 heterocycles. The highest BCUT2D eigenvalue weighted by atomic mass is 16.6. The molecule has 4 N–H and O–H groups in total. The summed E-state index contributed by atoms with van der Waals surface area (Å²) in [6.45, 7) is 6.07. The molecule has 1 fully saturated rings. The van der Waals surface area contributed by atoms with Gasteiger partial charge in [-0.2, -0.15) is 0 Å². The predicted octanol–water partition coefficient (Wildman–Crippen LogP) is 0.152. The lowest BCUT2D eigenvalue weighted by atomic mass is 9.97. The number of carbonyl (C=O) groups is 2. The first-order valence-corrected chi connectivity index (χ1v) is 8.15. The highest BCUT2D eigenvalue weighted by molar-refractivity contribution is 5.80. The summed E-state index contributed by atoms with van der Waals surface area (Å²) in [4.78, 5) is 30.2. The fourth-order valence-electron chi connectivity index (χ4n) is 2.80. The van der Waals surface area contributed by atoms with Crippen LogP contribution in [0.25, 0.3) is 0 Å². The molecule has 1 saturated heterocycles. The number of amides is 2. The number of hydrogen-bond donors (Lipinski definition) is 3. The van der Waals surface area contributed by atoms with Crippen molar-refractivity contribution in [3.05, 3.63) is 0 Å². The Balaban J connectivity index is 2.13. The van der Waals surface area contributed by atoms with E-state index in [0.717, 1.165) is 12.8 Å². The van der Waals surface area contributed by atoms with Crippen LogP contribution in [0.4, 0.5) is 0 Å². The van der Waals surface area contributed by atoms with Gasteiger partial charge in [0.1, 0.15) is 0 Å². The summed E-state index contributed by atoms with van der Waals surface area (Å²) in [6, 6.07) is 0.894. The smallest absolute Gasteiger partial charge is 0.234 e. The maximum atomic E-state index is 12.0. The van der Waals surface area contributed by atoms with Gasteiger partial charge in [-0.25, -0.2) is 5.90 Å². The van der Waals surface area contributed by atoms with E-state index in [1.807, 2.05) is 0 Å². The number of rotatable bonds is 9. The number of carbonyl (C=O) groups excluding carboxylic acids is 2. The number of nitrogens with zero attached hydrogens (tertiary/aromatic N) is 1. The first kappa shape index (κ1) is 18.9. The van der Waals surface area contributed by atoms with E-state index < -0.39 is 0 Å². The minimum atomic E-state index is -0.0722. The van der Waals surface area contributed by atoms with E-state index in [4.69, 9.17) is 5.90 Å². The van der Waals surface area contributed by atoms with Crippen molar-refractivity contribution in [1.29, 1.82) is 0 Å². The van der Waals surface area contributed by atoms with Gasteiger partial charge in [-0.15, -0.1) is 0 Å². The van der Waals surface area contributed by atoms with Crippen molar-refractivity contribution in [1.82, 2.24) is 15.5 Å². The fourth-order valence-corrected chi connectivity index (χ4v) is 2.80. The Morgan fingerprint density at radius 2 is 1.77 bits per heavy atom. The highest BCUT2D eigenvalue weighted by Gasteiger charge is 2.26. The van der Waals surface area contributed by atoms with E-state index in [1.165, 1.54) is 6.42 Å². The van der Waals surface area contributed by atoms with Crippen molar-refractivity contribution in [2.45, 2.75) is 58.0 Å². The van der Waals surface area contributed by atoms with Crippen molar-refractivity contribution < 1.29 is 14.4 Å². The van der Waals surface area contributed by atoms with Crippen LogP contribution >= 0.6 is 0 Å². The number of nitrogens with one attached hydrogen (secondary N) is 2. The molecule has 2 amide bonds. The Kier molecular flexibility index (Phi) is 9.03. The molecule has 1 aliphatic rings. The molecule has 0 spiro atoms. The zero-order chi connectivity index (χ0) is 16.4. The number of hydrogen-bond acceptors (Lipinski definition) is 5. The van der Waals surface area contributed by atoms with E-state index in [1.54, 1.807) is 0 Å². The molecule has 22 heavy (non-hydrogen) atoms. The second-order valence-corrected chi connectivity index (χ2v) is 5.98. The van der Waals surface area contributed by atoms with Crippen LogP contribution in [0.3, 0.4) is 0 Å². The minimum absolute atomic E-state index is 0.00932. The van der Waals surface area contributed by atoms with Gasteiger partial charge in [0.25, 0.3) is 0 Å². The SMILES string of the molecule is CC1CCCC(C)N1CC(=O)NCCC(=O)NCCCON. The van der Waals surface area contributed by atoms with Crippen molar-refractivity contribution in [3.63, 3.8) is 0 Å². The van der Waals surface area contributed by atoms with Gasteiger partial charge in [0.15, 0.2) is 0 Å². The lowest BCUT2D eigenvalue weighted by Gasteiger charge is -2.38. The molecule has 0 bridgehead atoms. The van der Waals surface area contributed by atoms with E-state index in [2.05, 4.69) is 34.2 Å². The zero-order valence-corrected chi connectivity index (χ0v) is 13.8. The van der Waals surface area contributed by atoms with Crippen molar-refractivity contribution in [2.24, 2.45) is 5.90 Å². The molecular formula is C15H30N4O3. The van der Waals surface area contributed by atoms with Gasteiger partial charge in [-0.1, -0.05) is 6.42 Å². The van der Waals surface area contributed by atoms with E-state index in [0.29, 0.717) is 51.2 Å². The molecule has 0 aromatic carbocycles. The standard InChI is InChI=1S/C15H30N4O3/c1-12-5-3-6-13(2)19(12)11-15(21)18-9-7-14(20)17-8-4-10-22-16/h12-13H,3-11,16H2,1-2H3,(H,17,20)(H,18,21). The Morgan fingerprint density at radius 1 is 1.14 bits per heavy atom. The Labute approximate surface area is 132 Å². The van der Waals surface area contributed by atoms with Gasteiger partial charge in [-0.3, -0.25) is 14.5 Å². The lowest BCUT2D eigenvalue weighted by Crippen LogP contribution is -2.49. The topological polar surface area (TPSA) is 96.7 Å². The maximum Gasteiger partial charge on any atom is 0.234 e. The van der Waals surface area contributed by atoms with Gasteiger partial charge in [0, 0.05) is 31.6 Å². The summed E-state index contributed by atoms with van der Waals surface area (Å²) in [5.74, 6) is 4.81. The second-order valence-electron chi connectivity index (χ2n) is 5.98. The van der Waals surface area contributed by atoms with Crippen molar-refractivity contribution in [2.75, 3.05) is 26.2 Å². The van der Waals surface area contributed by atoms with Crippen LogP contribution in [0.15, 0.2) is 0 Å². The minimum Gasteiger partial charge on any atom is -0.356 e. The quantitative estimate of drug-likeness (QED) is 0.416. The molecule has 0 radical (unpaired) electrons. The lowest BCUT2D eigenvalue weighted by molar-refractivity contribution is -0.124. The Hall–Kier alpha value is -1.18. The molecule has 128 valence electrons. The van der Waals surface area contributed by atoms with Crippen LogP contribution in [0.2, 0.25) is 0 Å². The summed E-state index contributed by atoms with van der Waals surface area (Å²) in [6.07, 6.45) is 4.49. The van der Waals surface area contributed by atoms with Gasteiger partial charge < -0.3 is 15.5 Å². The second kappa shape index (κ2) is 10.5. The van der Waals surface area contributed by atoms with Gasteiger partial charge in [0.05, 0.1) is 13.2 Å². The first-order valence-electron chi connectivity index (χ1n) is 8.15. The monoisotopic (exact) mass is 314 g/mol. The van der Waals surface area contributed by atoms with Gasteiger partial charge >= 0.3 is 0 Å². The molecule has 0 aromatic rings. The van der Waals surface area contributed by atoms with Crippen LogP contribution in [-0.2, 0) is 14.4 Å². The summed E-state index contributed by atoms with van der Waals surface area (Å²) in [5, 5.41) is 5.57. The third kappa shape index (κ3) is 7.20. The molecule has 1 rings (SSSR count). The average molecular weight is 314 g/mol. The molecule has 2 atom stereocenters. The van der Waals surface area contributed by atoms with E-state index >= 15 is 0 Å².